The fourth-order valence-electron chi connectivity index (χ4n) is 22.4. The first kappa shape index (κ1) is 87.6. The molecule has 0 fully saturated rings. The smallest absolute Gasteiger partial charge is 0.160 e. The lowest BCUT2D eigenvalue weighted by molar-refractivity contribution is 1.19. The van der Waals surface area contributed by atoms with E-state index in [1.165, 1.54) is 145 Å². The molecule has 150 heavy (non-hydrogen) atoms. The summed E-state index contributed by atoms with van der Waals surface area (Å²) in [6.07, 6.45) is 5.65. The Hall–Kier alpha value is -20.1. The maximum atomic E-state index is 5.38. The summed E-state index contributed by atoms with van der Waals surface area (Å²) >= 11 is 0. The van der Waals surface area contributed by atoms with Gasteiger partial charge in [-0.2, -0.15) is 0 Å². The molecule has 0 atom stereocenters. The zero-order valence-corrected chi connectivity index (χ0v) is 81.3. The van der Waals surface area contributed by atoms with E-state index >= 15 is 0 Å². The summed E-state index contributed by atoms with van der Waals surface area (Å²) in [7, 11) is 0. The maximum Gasteiger partial charge on any atom is 0.160 e. The molecule has 30 rings (SSSR count). The van der Waals surface area contributed by atoms with Crippen molar-refractivity contribution < 1.29 is 0 Å². The predicted molar refractivity (Wildman–Crippen MR) is 627 cm³/mol. The van der Waals surface area contributed by atoms with Gasteiger partial charge in [0, 0.05) is 96.1 Å². The molecule has 0 aliphatic carbocycles. The van der Waals surface area contributed by atoms with Gasteiger partial charge in [-0.25, -0.2) is 29.9 Å². The highest BCUT2D eigenvalue weighted by atomic mass is 14.9. The van der Waals surface area contributed by atoms with Gasteiger partial charge >= 0.3 is 0 Å². The second-order valence-corrected chi connectivity index (χ2v) is 38.5. The molecule has 9 heteroatoms. The summed E-state index contributed by atoms with van der Waals surface area (Å²) in [6, 6.07) is 181. The zero-order chi connectivity index (χ0) is 99.1. The van der Waals surface area contributed by atoms with Gasteiger partial charge in [-0.15, -0.1) is 0 Å². The van der Waals surface area contributed by atoms with Crippen LogP contribution in [0.3, 0.4) is 0 Å². The van der Waals surface area contributed by atoms with Crippen molar-refractivity contribution >= 4 is 162 Å². The average Bonchev–Trinajstić information content (AvgIpc) is 0.695. The van der Waals surface area contributed by atoms with Crippen LogP contribution in [0.1, 0.15) is 0 Å². The number of hydrogen-bond donors (Lipinski definition) is 0. The Balaban J connectivity index is 0.000000108. The molecule has 0 N–H and O–H groups in total. The third-order valence-corrected chi connectivity index (χ3v) is 29.7. The molecule has 30 aromatic rings. The zero-order valence-electron chi connectivity index (χ0n) is 81.3. The van der Waals surface area contributed by atoms with E-state index in [-0.39, 0.29) is 0 Å². The second-order valence-electron chi connectivity index (χ2n) is 38.5. The molecule has 6 aromatic heterocycles. The minimum Gasteiger partial charge on any atom is -0.256 e. The van der Waals surface area contributed by atoms with E-state index in [2.05, 4.69) is 490 Å². The molecule has 0 aliphatic rings. The molecular weight excluding hydrogens is 1820 g/mol. The van der Waals surface area contributed by atoms with Crippen LogP contribution in [0.25, 0.3) is 297 Å². The SMILES string of the molecule is c1ccc(-c2ccc(-c3nc(-c4cc5ccccc5c5ccccc45)cc(-c4cc5ccccc5c5ccccc45)n3)cc2)nc1.c1ccc2c(-c3ccc(-c4nc(-c5cc6ccccc6c6ccccc56)cc(-c5cc6ccccc6c6ccccc56)n4)cc3)nccc2c1.c1ccc2cc(-c3ccc(-c4nc(-c5cc6ccccc6c6ccccc56)cc(-c5cc6cc7ccccc7cc6c6ccccc56)n4)cc3)ncc2c1. The summed E-state index contributed by atoms with van der Waals surface area (Å²) in [5.41, 5.74) is 20.8. The first-order valence-electron chi connectivity index (χ1n) is 50.8. The Morgan fingerprint density at radius 3 is 0.707 bits per heavy atom. The Labute approximate surface area is 863 Å². The molecule has 0 saturated heterocycles. The fourth-order valence-corrected chi connectivity index (χ4v) is 22.4. The fraction of sp³-hybridized carbons (Fsp3) is 0. The molecule has 0 aliphatic heterocycles. The normalized spacial score (nSPS) is 11.6. The Morgan fingerprint density at radius 2 is 0.367 bits per heavy atom. The molecule has 0 saturated carbocycles. The van der Waals surface area contributed by atoms with E-state index in [0.717, 1.165) is 134 Å². The number of rotatable bonds is 12. The third kappa shape index (κ3) is 16.0. The van der Waals surface area contributed by atoms with Crippen molar-refractivity contribution in [3.63, 3.8) is 0 Å². The van der Waals surface area contributed by atoms with Crippen molar-refractivity contribution in [2.24, 2.45) is 0 Å². The molecule has 696 valence electrons. The highest BCUT2D eigenvalue weighted by Gasteiger charge is 2.25. The number of fused-ring (bicyclic) bond motifs is 21. The van der Waals surface area contributed by atoms with Crippen LogP contribution in [0.2, 0.25) is 0 Å². The summed E-state index contributed by atoms with van der Waals surface area (Å²) in [5.74, 6) is 2.06. The number of benzene rings is 24. The molecule has 0 amide bonds. The molecular formula is C141H87N9. The average molecular weight is 1910 g/mol. The van der Waals surface area contributed by atoms with Crippen molar-refractivity contribution in [1.29, 1.82) is 0 Å². The van der Waals surface area contributed by atoms with Crippen molar-refractivity contribution in [1.82, 2.24) is 44.9 Å². The highest BCUT2D eigenvalue weighted by molar-refractivity contribution is 6.21. The van der Waals surface area contributed by atoms with E-state index < -0.39 is 0 Å². The maximum absolute atomic E-state index is 5.38. The summed E-state index contributed by atoms with van der Waals surface area (Å²) < 4.78 is 0. The largest absolute Gasteiger partial charge is 0.256 e. The van der Waals surface area contributed by atoms with Crippen molar-refractivity contribution in [3.8, 4) is 135 Å². The number of aromatic nitrogens is 9. The van der Waals surface area contributed by atoms with E-state index in [9.17, 15) is 0 Å². The summed E-state index contributed by atoms with van der Waals surface area (Å²) in [5, 5.41) is 35.9. The quantitative estimate of drug-likeness (QED) is 0.0871. The van der Waals surface area contributed by atoms with Gasteiger partial charge in [-0.1, -0.05) is 419 Å². The molecule has 24 aromatic carbocycles. The van der Waals surface area contributed by atoms with Crippen LogP contribution in [0.15, 0.2) is 528 Å². The first-order chi connectivity index (χ1) is 74.3. The van der Waals surface area contributed by atoms with Gasteiger partial charge in [0.05, 0.1) is 51.2 Å². The molecule has 0 radical (unpaired) electrons. The Kier molecular flexibility index (Phi) is 21.8. The van der Waals surface area contributed by atoms with Crippen LogP contribution in [0.5, 0.6) is 0 Å². The van der Waals surface area contributed by atoms with Crippen molar-refractivity contribution in [2.75, 3.05) is 0 Å². The Bertz CT molecular complexity index is 10400. The number of pyridine rings is 3. The summed E-state index contributed by atoms with van der Waals surface area (Å²) in [4.78, 5) is 46.0. The van der Waals surface area contributed by atoms with Gasteiger partial charge < -0.3 is 0 Å². The van der Waals surface area contributed by atoms with Gasteiger partial charge in [0.2, 0.25) is 0 Å². The van der Waals surface area contributed by atoms with Gasteiger partial charge in [0.25, 0.3) is 0 Å². The monoisotopic (exact) mass is 1910 g/mol. The van der Waals surface area contributed by atoms with E-state index in [1.54, 1.807) is 0 Å². The lowest BCUT2D eigenvalue weighted by Crippen LogP contribution is -1.97. The molecule has 0 bridgehead atoms. The predicted octanol–water partition coefficient (Wildman–Crippen LogP) is 36.9. The minimum absolute atomic E-state index is 0.681. The van der Waals surface area contributed by atoms with Gasteiger partial charge in [0.15, 0.2) is 17.5 Å². The van der Waals surface area contributed by atoms with Crippen molar-refractivity contribution in [2.45, 2.75) is 0 Å². The lowest BCUT2D eigenvalue weighted by Gasteiger charge is -2.15. The van der Waals surface area contributed by atoms with Gasteiger partial charge in [-0.05, 0) is 242 Å². The first-order valence-corrected chi connectivity index (χ1v) is 50.8. The Morgan fingerprint density at radius 1 is 0.113 bits per heavy atom. The van der Waals surface area contributed by atoms with Crippen LogP contribution in [0, 0.1) is 0 Å². The molecule has 0 spiro atoms. The van der Waals surface area contributed by atoms with Crippen LogP contribution < -0.4 is 0 Å². The van der Waals surface area contributed by atoms with Crippen LogP contribution in [-0.2, 0) is 0 Å². The van der Waals surface area contributed by atoms with Gasteiger partial charge in [0.1, 0.15) is 0 Å². The summed E-state index contributed by atoms with van der Waals surface area (Å²) in [6.45, 7) is 0. The topological polar surface area (TPSA) is 116 Å². The third-order valence-electron chi connectivity index (χ3n) is 29.7. The highest BCUT2D eigenvalue weighted by Crippen LogP contribution is 2.47. The molecule has 6 heterocycles. The van der Waals surface area contributed by atoms with Crippen LogP contribution >= 0.6 is 0 Å². The minimum atomic E-state index is 0.681. The van der Waals surface area contributed by atoms with Crippen LogP contribution in [0.4, 0.5) is 0 Å². The van der Waals surface area contributed by atoms with E-state index in [0.29, 0.717) is 17.5 Å². The number of hydrogen-bond acceptors (Lipinski definition) is 9. The second kappa shape index (κ2) is 37.2. The van der Waals surface area contributed by atoms with Crippen LogP contribution in [-0.4, -0.2) is 44.9 Å². The van der Waals surface area contributed by atoms with E-state index in [4.69, 9.17) is 39.9 Å². The number of nitrogens with zero attached hydrogens (tertiary/aromatic N) is 9. The molecule has 9 nitrogen and oxygen atoms in total. The van der Waals surface area contributed by atoms with Crippen molar-refractivity contribution in [3.05, 3.63) is 528 Å². The standard InChI is InChI=1S/C51H31N3.C47H29N3.C43H27N3/c1-2-12-35-26-45-39(25-34(35)11-1)28-47(44-20-10-8-18-42(44)45)50-30-49(46-27-37-14-5-6-16-40(37)41-17-7-9-19-43(41)46)53-51(54-50)33-23-21-32(22-24-33)48-29-36-13-3-4-15-38(36)31-52-48;1-6-16-37-30(11-1)25-26-48-46(37)31-21-23-32(24-22-31)47-49-44(42-27-33-12-2-4-14-35(33)38-17-7-9-19-40(38)42)29-45(50-47)43-28-34-13-3-5-15-36(34)39-18-8-10-20-41(39)43;1-3-13-32-30(11-1)25-38(36-17-7-5-15-34(32)36)41-27-42(39-26-31-12-2-4-14-33(31)35-16-6-8-18-37(35)39)46-43(45-41)29-22-20-28(21-23-29)40-19-9-10-24-44-40/h1-31H;1-29H;1-27H. The lowest BCUT2D eigenvalue weighted by atomic mass is 9.92. The van der Waals surface area contributed by atoms with E-state index in [1.807, 2.05) is 42.9 Å². The van der Waals surface area contributed by atoms with Gasteiger partial charge in [-0.3, -0.25) is 15.0 Å². The molecule has 0 unspecified atom stereocenters.